The molecule has 2 fully saturated rings. The monoisotopic (exact) mass is 336 g/mol. The molecule has 4 amide bonds. The SMILES string of the molecule is O=C1CN(CC(=O)N2CCNCC2c2ccccc2Cl)C(=O)N1. The number of hydrogen-bond acceptors (Lipinski definition) is 4. The number of piperazine rings is 1. The Bertz CT molecular complexity index is 651. The van der Waals surface area contributed by atoms with Crippen molar-refractivity contribution in [2.24, 2.45) is 0 Å². The van der Waals surface area contributed by atoms with Crippen molar-refractivity contribution in [3.63, 3.8) is 0 Å². The summed E-state index contributed by atoms with van der Waals surface area (Å²) in [4.78, 5) is 38.4. The van der Waals surface area contributed by atoms with Crippen molar-refractivity contribution >= 4 is 29.4 Å². The number of carbonyl (C=O) groups is 3. The lowest BCUT2D eigenvalue weighted by molar-refractivity contribution is -0.135. The first-order valence-corrected chi connectivity index (χ1v) is 7.77. The quantitative estimate of drug-likeness (QED) is 0.781. The van der Waals surface area contributed by atoms with Gasteiger partial charge in [0.15, 0.2) is 0 Å². The van der Waals surface area contributed by atoms with Crippen LogP contribution in [0.4, 0.5) is 4.79 Å². The molecule has 8 heteroatoms. The summed E-state index contributed by atoms with van der Waals surface area (Å²) in [5.74, 6) is -0.577. The van der Waals surface area contributed by atoms with E-state index in [1.165, 1.54) is 4.90 Å². The fourth-order valence-corrected chi connectivity index (χ4v) is 3.15. The second kappa shape index (κ2) is 6.55. The third-order valence-electron chi connectivity index (χ3n) is 4.02. The number of amides is 4. The van der Waals surface area contributed by atoms with Crippen LogP contribution in [0.1, 0.15) is 11.6 Å². The van der Waals surface area contributed by atoms with Gasteiger partial charge in [-0.25, -0.2) is 4.79 Å². The smallest absolute Gasteiger partial charge is 0.325 e. The molecule has 2 aliphatic rings. The summed E-state index contributed by atoms with van der Waals surface area (Å²) >= 11 is 6.26. The summed E-state index contributed by atoms with van der Waals surface area (Å²) in [6.45, 7) is 1.61. The minimum atomic E-state index is -0.521. The van der Waals surface area contributed by atoms with Crippen LogP contribution < -0.4 is 10.6 Å². The molecule has 1 aromatic rings. The van der Waals surface area contributed by atoms with Crippen molar-refractivity contribution in [2.75, 3.05) is 32.7 Å². The normalized spacial score (nSPS) is 21.5. The van der Waals surface area contributed by atoms with Gasteiger partial charge in [0.25, 0.3) is 0 Å². The second-order valence-corrected chi connectivity index (χ2v) is 5.95. The Morgan fingerprint density at radius 2 is 2.09 bits per heavy atom. The Morgan fingerprint density at radius 1 is 1.30 bits per heavy atom. The molecule has 0 aliphatic carbocycles. The number of imide groups is 1. The second-order valence-electron chi connectivity index (χ2n) is 5.54. The molecule has 23 heavy (non-hydrogen) atoms. The lowest BCUT2D eigenvalue weighted by atomic mass is 10.0. The van der Waals surface area contributed by atoms with E-state index in [0.717, 1.165) is 5.56 Å². The van der Waals surface area contributed by atoms with Crippen molar-refractivity contribution in [1.29, 1.82) is 0 Å². The van der Waals surface area contributed by atoms with Gasteiger partial charge in [0.1, 0.15) is 13.1 Å². The first kappa shape index (κ1) is 15.8. The van der Waals surface area contributed by atoms with E-state index in [-0.39, 0.29) is 30.9 Å². The van der Waals surface area contributed by atoms with E-state index in [4.69, 9.17) is 11.6 Å². The molecule has 2 saturated heterocycles. The molecule has 2 aliphatic heterocycles. The standard InChI is InChI=1S/C15H17ClN4O3/c16-11-4-2-1-3-10(11)12-7-17-5-6-20(12)14(22)9-19-8-13(21)18-15(19)23/h1-4,12,17H,5-9H2,(H,18,21,23). The highest BCUT2D eigenvalue weighted by Crippen LogP contribution is 2.28. The zero-order valence-corrected chi connectivity index (χ0v) is 13.2. The van der Waals surface area contributed by atoms with E-state index in [2.05, 4.69) is 10.6 Å². The molecular formula is C15H17ClN4O3. The molecule has 7 nitrogen and oxygen atoms in total. The third kappa shape index (κ3) is 3.30. The van der Waals surface area contributed by atoms with Gasteiger partial charge >= 0.3 is 6.03 Å². The highest BCUT2D eigenvalue weighted by Gasteiger charge is 2.33. The fourth-order valence-electron chi connectivity index (χ4n) is 2.89. The van der Waals surface area contributed by atoms with Gasteiger partial charge in [-0.1, -0.05) is 29.8 Å². The van der Waals surface area contributed by atoms with Crippen molar-refractivity contribution < 1.29 is 14.4 Å². The lowest BCUT2D eigenvalue weighted by Crippen LogP contribution is -2.51. The summed E-state index contributed by atoms with van der Waals surface area (Å²) in [6.07, 6.45) is 0. The third-order valence-corrected chi connectivity index (χ3v) is 4.37. The Kier molecular flexibility index (Phi) is 4.49. The summed E-state index contributed by atoms with van der Waals surface area (Å²) in [6, 6.07) is 6.70. The van der Waals surface area contributed by atoms with E-state index < -0.39 is 6.03 Å². The average molecular weight is 337 g/mol. The number of hydrogen-bond donors (Lipinski definition) is 2. The molecule has 3 rings (SSSR count). The molecule has 0 radical (unpaired) electrons. The van der Waals surface area contributed by atoms with Gasteiger partial charge < -0.3 is 15.1 Å². The van der Waals surface area contributed by atoms with Gasteiger partial charge in [0, 0.05) is 24.7 Å². The highest BCUT2D eigenvalue weighted by molar-refractivity contribution is 6.31. The van der Waals surface area contributed by atoms with Crippen LogP contribution in [-0.4, -0.2) is 60.4 Å². The van der Waals surface area contributed by atoms with E-state index in [0.29, 0.717) is 24.7 Å². The van der Waals surface area contributed by atoms with Crippen molar-refractivity contribution in [3.05, 3.63) is 34.9 Å². The average Bonchev–Trinajstić information content (AvgIpc) is 2.85. The maximum absolute atomic E-state index is 12.6. The number of halogens is 1. The Labute approximate surface area is 138 Å². The Morgan fingerprint density at radius 3 is 2.78 bits per heavy atom. The lowest BCUT2D eigenvalue weighted by Gasteiger charge is -2.37. The van der Waals surface area contributed by atoms with Crippen molar-refractivity contribution in [2.45, 2.75) is 6.04 Å². The van der Waals surface area contributed by atoms with Gasteiger partial charge in [0.05, 0.1) is 6.04 Å². The van der Waals surface area contributed by atoms with Gasteiger partial charge in [-0.15, -0.1) is 0 Å². The highest BCUT2D eigenvalue weighted by atomic mass is 35.5. The minimum Gasteiger partial charge on any atom is -0.331 e. The van der Waals surface area contributed by atoms with Crippen LogP contribution in [0.3, 0.4) is 0 Å². The van der Waals surface area contributed by atoms with Crippen LogP contribution in [0.15, 0.2) is 24.3 Å². The number of carbonyl (C=O) groups excluding carboxylic acids is 3. The van der Waals surface area contributed by atoms with Gasteiger partial charge in [-0.05, 0) is 11.6 Å². The predicted molar refractivity (Wildman–Crippen MR) is 83.9 cm³/mol. The summed E-state index contributed by atoms with van der Waals surface area (Å²) < 4.78 is 0. The van der Waals surface area contributed by atoms with Crippen molar-refractivity contribution in [3.8, 4) is 0 Å². The largest absolute Gasteiger partial charge is 0.331 e. The van der Waals surface area contributed by atoms with Crippen LogP contribution in [-0.2, 0) is 9.59 Å². The molecule has 1 unspecified atom stereocenters. The van der Waals surface area contributed by atoms with Gasteiger partial charge in [0.2, 0.25) is 11.8 Å². The number of nitrogens with zero attached hydrogens (tertiary/aromatic N) is 2. The molecule has 1 atom stereocenters. The molecular weight excluding hydrogens is 320 g/mol. The van der Waals surface area contributed by atoms with Gasteiger partial charge in [-0.3, -0.25) is 14.9 Å². The number of nitrogens with one attached hydrogen (secondary N) is 2. The van der Waals surface area contributed by atoms with Crippen LogP contribution in [0.5, 0.6) is 0 Å². The Hall–Kier alpha value is -2.12. The van der Waals surface area contributed by atoms with Crippen molar-refractivity contribution in [1.82, 2.24) is 20.4 Å². The summed E-state index contributed by atoms with van der Waals surface area (Å²) in [5.41, 5.74) is 0.872. The maximum atomic E-state index is 12.6. The van der Waals surface area contributed by atoms with E-state index in [9.17, 15) is 14.4 Å². The van der Waals surface area contributed by atoms with Crippen LogP contribution >= 0.6 is 11.6 Å². The molecule has 122 valence electrons. The first-order chi connectivity index (χ1) is 11.1. The van der Waals surface area contributed by atoms with E-state index >= 15 is 0 Å². The fraction of sp³-hybridized carbons (Fsp3) is 0.400. The topological polar surface area (TPSA) is 81.8 Å². The Balaban J connectivity index is 1.76. The first-order valence-electron chi connectivity index (χ1n) is 7.39. The van der Waals surface area contributed by atoms with Crippen LogP contribution in [0.25, 0.3) is 0 Å². The molecule has 1 aromatic carbocycles. The molecule has 0 bridgehead atoms. The molecule has 0 aromatic heterocycles. The molecule has 0 spiro atoms. The van der Waals surface area contributed by atoms with Gasteiger partial charge in [-0.2, -0.15) is 0 Å². The molecule has 0 saturated carbocycles. The zero-order chi connectivity index (χ0) is 16.4. The summed E-state index contributed by atoms with van der Waals surface area (Å²) in [5, 5.41) is 6.03. The number of rotatable bonds is 3. The number of benzene rings is 1. The summed E-state index contributed by atoms with van der Waals surface area (Å²) in [7, 11) is 0. The van der Waals surface area contributed by atoms with Crippen LogP contribution in [0.2, 0.25) is 5.02 Å². The minimum absolute atomic E-state index is 0.0760. The number of urea groups is 1. The molecule has 2 heterocycles. The zero-order valence-electron chi connectivity index (χ0n) is 12.4. The predicted octanol–water partition coefficient (Wildman–Crippen LogP) is 0.365. The molecule has 2 N–H and O–H groups in total. The van der Waals surface area contributed by atoms with Crippen LogP contribution in [0, 0.1) is 0 Å². The van der Waals surface area contributed by atoms with E-state index in [1.807, 2.05) is 18.2 Å². The van der Waals surface area contributed by atoms with E-state index in [1.54, 1.807) is 11.0 Å². The maximum Gasteiger partial charge on any atom is 0.325 e.